The minimum absolute atomic E-state index is 0.813. The number of fused-ring (bicyclic) bond motifs is 1. The van der Waals surface area contributed by atoms with Crippen molar-refractivity contribution in [3.05, 3.63) is 51.8 Å². The lowest BCUT2D eigenvalue weighted by Gasteiger charge is -2.07. The maximum Gasteiger partial charge on any atom is 0.188 e. The second kappa shape index (κ2) is 5.51. The zero-order valence-corrected chi connectivity index (χ0v) is 12.4. The van der Waals surface area contributed by atoms with Gasteiger partial charge in [0.1, 0.15) is 0 Å². The summed E-state index contributed by atoms with van der Waals surface area (Å²) in [5.74, 6) is 0.817. The number of thioether (sulfide) groups is 1. The number of aryl methyl sites for hydroxylation is 2. The molecule has 2 aromatic rings. The van der Waals surface area contributed by atoms with Crippen LogP contribution >= 0.6 is 23.4 Å². The number of hydrogen-bond donors (Lipinski definition) is 0. The second-order valence-corrected chi connectivity index (χ2v) is 6.10. The van der Waals surface area contributed by atoms with Gasteiger partial charge < -0.3 is 0 Å². The zero-order chi connectivity index (χ0) is 13.2. The van der Waals surface area contributed by atoms with Crippen LogP contribution in [0.5, 0.6) is 0 Å². The number of nitrogens with zero attached hydrogens (tertiary/aromatic N) is 2. The van der Waals surface area contributed by atoms with Crippen LogP contribution in [0, 0.1) is 6.92 Å². The lowest BCUT2D eigenvalue weighted by atomic mass is 10.2. The molecule has 1 aliphatic carbocycles. The molecular formula is C15H15ClN2S. The predicted octanol–water partition coefficient (Wildman–Crippen LogP) is 4.22. The molecule has 1 aliphatic rings. The molecule has 0 atom stereocenters. The third-order valence-corrected chi connectivity index (χ3v) is 4.70. The molecule has 1 aromatic carbocycles. The summed E-state index contributed by atoms with van der Waals surface area (Å²) in [5.41, 5.74) is 4.89. The topological polar surface area (TPSA) is 25.8 Å². The first-order valence-electron chi connectivity index (χ1n) is 6.46. The Balaban J connectivity index is 1.78. The van der Waals surface area contributed by atoms with Crippen LogP contribution in [0.2, 0.25) is 5.02 Å². The average molecular weight is 291 g/mol. The van der Waals surface area contributed by atoms with E-state index in [0.29, 0.717) is 0 Å². The Kier molecular flexibility index (Phi) is 3.76. The standard InChI is InChI=1S/C15H15ClN2S/c1-10-12-6-4-8-14(12)18-15(17-10)19-9-11-5-2-3-7-13(11)16/h2-3,5,7H,4,6,8-9H2,1H3. The van der Waals surface area contributed by atoms with E-state index in [2.05, 4.69) is 23.0 Å². The number of aromatic nitrogens is 2. The molecule has 0 N–H and O–H groups in total. The van der Waals surface area contributed by atoms with Gasteiger partial charge in [0.05, 0.1) is 0 Å². The molecule has 0 aliphatic heterocycles. The Morgan fingerprint density at radius 2 is 2.05 bits per heavy atom. The van der Waals surface area contributed by atoms with Gasteiger partial charge in [-0.25, -0.2) is 9.97 Å². The summed E-state index contributed by atoms with van der Waals surface area (Å²) in [7, 11) is 0. The van der Waals surface area contributed by atoms with Crippen molar-refractivity contribution < 1.29 is 0 Å². The van der Waals surface area contributed by atoms with Crippen molar-refractivity contribution in [2.75, 3.05) is 0 Å². The van der Waals surface area contributed by atoms with Gasteiger partial charge in [-0.1, -0.05) is 41.6 Å². The van der Waals surface area contributed by atoms with E-state index in [1.54, 1.807) is 11.8 Å². The van der Waals surface area contributed by atoms with Gasteiger partial charge in [-0.2, -0.15) is 0 Å². The molecule has 0 saturated carbocycles. The fourth-order valence-electron chi connectivity index (χ4n) is 2.41. The lowest BCUT2D eigenvalue weighted by Crippen LogP contribution is -1.99. The molecule has 2 nitrogen and oxygen atoms in total. The van der Waals surface area contributed by atoms with Crippen LogP contribution in [0.4, 0.5) is 0 Å². The maximum atomic E-state index is 6.16. The fourth-order valence-corrected chi connectivity index (χ4v) is 3.61. The van der Waals surface area contributed by atoms with Crippen LogP contribution in [-0.2, 0) is 18.6 Å². The Bertz CT molecular complexity index is 613. The number of rotatable bonds is 3. The summed E-state index contributed by atoms with van der Waals surface area (Å²) in [5, 5.41) is 1.69. The van der Waals surface area contributed by atoms with Gasteiger partial charge in [-0.15, -0.1) is 0 Å². The molecule has 1 heterocycles. The first-order chi connectivity index (χ1) is 9.24. The Hall–Kier alpha value is -1.06. The number of hydrogen-bond acceptors (Lipinski definition) is 3. The van der Waals surface area contributed by atoms with Gasteiger partial charge >= 0.3 is 0 Å². The highest BCUT2D eigenvalue weighted by Crippen LogP contribution is 2.28. The van der Waals surface area contributed by atoms with Gasteiger partial charge in [0, 0.05) is 22.2 Å². The minimum Gasteiger partial charge on any atom is -0.228 e. The molecule has 4 heteroatoms. The van der Waals surface area contributed by atoms with Crippen molar-refractivity contribution in [3.8, 4) is 0 Å². The SMILES string of the molecule is Cc1nc(SCc2ccccc2Cl)nc2c1CCC2. The third-order valence-electron chi connectivity index (χ3n) is 3.43. The van der Waals surface area contributed by atoms with E-state index in [4.69, 9.17) is 11.6 Å². The quantitative estimate of drug-likeness (QED) is 0.625. The molecule has 0 bridgehead atoms. The molecular weight excluding hydrogens is 276 g/mol. The lowest BCUT2D eigenvalue weighted by molar-refractivity contribution is 0.868. The summed E-state index contributed by atoms with van der Waals surface area (Å²) in [4.78, 5) is 9.27. The normalized spacial score (nSPS) is 13.6. The van der Waals surface area contributed by atoms with Gasteiger partial charge in [0.25, 0.3) is 0 Å². The smallest absolute Gasteiger partial charge is 0.188 e. The maximum absolute atomic E-state index is 6.16. The average Bonchev–Trinajstić information content (AvgIpc) is 2.87. The molecule has 0 radical (unpaired) electrons. The van der Waals surface area contributed by atoms with E-state index >= 15 is 0 Å². The van der Waals surface area contributed by atoms with Crippen LogP contribution < -0.4 is 0 Å². The van der Waals surface area contributed by atoms with E-state index in [-0.39, 0.29) is 0 Å². The van der Waals surface area contributed by atoms with Crippen LogP contribution in [0.3, 0.4) is 0 Å². The molecule has 98 valence electrons. The highest BCUT2D eigenvalue weighted by molar-refractivity contribution is 7.98. The molecule has 19 heavy (non-hydrogen) atoms. The molecule has 0 amide bonds. The summed E-state index contributed by atoms with van der Waals surface area (Å²) in [6.45, 7) is 2.09. The first kappa shape index (κ1) is 12.9. The van der Waals surface area contributed by atoms with Crippen molar-refractivity contribution in [1.82, 2.24) is 9.97 Å². The Morgan fingerprint density at radius 3 is 2.89 bits per heavy atom. The third kappa shape index (κ3) is 2.77. The fraction of sp³-hybridized carbons (Fsp3) is 0.333. The first-order valence-corrected chi connectivity index (χ1v) is 7.83. The highest BCUT2D eigenvalue weighted by Gasteiger charge is 2.17. The molecule has 0 spiro atoms. The van der Waals surface area contributed by atoms with E-state index in [1.807, 2.05) is 18.2 Å². The molecule has 0 saturated heterocycles. The summed E-state index contributed by atoms with van der Waals surface area (Å²) < 4.78 is 0. The van der Waals surface area contributed by atoms with E-state index in [9.17, 15) is 0 Å². The highest BCUT2D eigenvalue weighted by atomic mass is 35.5. The molecule has 0 unspecified atom stereocenters. The van der Waals surface area contributed by atoms with E-state index < -0.39 is 0 Å². The van der Waals surface area contributed by atoms with Gasteiger partial charge in [0.15, 0.2) is 5.16 Å². The van der Waals surface area contributed by atoms with Crippen molar-refractivity contribution in [2.45, 2.75) is 37.1 Å². The zero-order valence-electron chi connectivity index (χ0n) is 10.8. The van der Waals surface area contributed by atoms with Gasteiger partial charge in [-0.3, -0.25) is 0 Å². The largest absolute Gasteiger partial charge is 0.228 e. The second-order valence-electron chi connectivity index (χ2n) is 4.75. The number of halogens is 1. The van der Waals surface area contributed by atoms with Gasteiger partial charge in [-0.05, 0) is 43.4 Å². The van der Waals surface area contributed by atoms with E-state index in [1.165, 1.54) is 17.7 Å². The molecule has 0 fully saturated rings. The summed E-state index contributed by atoms with van der Waals surface area (Å²) in [6, 6.07) is 7.94. The van der Waals surface area contributed by atoms with Crippen LogP contribution in [0.15, 0.2) is 29.4 Å². The summed E-state index contributed by atoms with van der Waals surface area (Å²) in [6.07, 6.45) is 3.44. The Morgan fingerprint density at radius 1 is 1.21 bits per heavy atom. The van der Waals surface area contributed by atoms with Crippen molar-refractivity contribution in [3.63, 3.8) is 0 Å². The molecule has 3 rings (SSSR count). The summed E-state index contributed by atoms with van der Waals surface area (Å²) >= 11 is 7.82. The van der Waals surface area contributed by atoms with Crippen LogP contribution in [-0.4, -0.2) is 9.97 Å². The van der Waals surface area contributed by atoms with Gasteiger partial charge in [0.2, 0.25) is 0 Å². The van der Waals surface area contributed by atoms with Crippen LogP contribution in [0.25, 0.3) is 0 Å². The van der Waals surface area contributed by atoms with Crippen molar-refractivity contribution in [1.29, 1.82) is 0 Å². The molecule has 1 aromatic heterocycles. The van der Waals surface area contributed by atoms with E-state index in [0.717, 1.165) is 40.0 Å². The minimum atomic E-state index is 0.813. The van der Waals surface area contributed by atoms with Crippen molar-refractivity contribution >= 4 is 23.4 Å². The monoisotopic (exact) mass is 290 g/mol. The Labute approximate surface area is 122 Å². The van der Waals surface area contributed by atoms with Crippen molar-refractivity contribution in [2.24, 2.45) is 0 Å². The number of benzene rings is 1. The predicted molar refractivity (Wildman–Crippen MR) is 79.8 cm³/mol. The van der Waals surface area contributed by atoms with Crippen LogP contribution in [0.1, 0.15) is 28.9 Å².